The first-order valence-electron chi connectivity index (χ1n) is 20.3. The molecule has 0 fully saturated rings. The Balaban J connectivity index is 0.000000237. The summed E-state index contributed by atoms with van der Waals surface area (Å²) in [5.41, 5.74) is -11.8. The van der Waals surface area contributed by atoms with E-state index in [0.29, 0.717) is 0 Å². The monoisotopic (exact) mass is 1060 g/mol. The Kier molecular flexibility index (Phi) is 15.1. The molecule has 73 heavy (non-hydrogen) atoms. The zero-order valence-corrected chi connectivity index (χ0v) is 37.1. The van der Waals surface area contributed by atoms with Crippen LogP contribution in [0.1, 0.15) is 11.1 Å². The number of halogens is 20. The van der Waals surface area contributed by atoms with Crippen molar-refractivity contribution in [3.63, 3.8) is 0 Å². The first-order chi connectivity index (χ1) is 34.4. The maximum atomic E-state index is 15.4. The van der Waals surface area contributed by atoms with E-state index in [2.05, 4.69) is 86.6 Å². The van der Waals surface area contributed by atoms with Crippen molar-refractivity contribution in [1.29, 1.82) is 0 Å². The van der Waals surface area contributed by atoms with Crippen LogP contribution in [-0.2, 0) is 10.9 Å². The second-order valence-electron chi connectivity index (χ2n) is 15.6. The van der Waals surface area contributed by atoms with E-state index in [0.717, 1.165) is 11.5 Å². The molecule has 0 aliphatic rings. The average Bonchev–Trinajstić information content (AvgIpc) is 3.38. The highest BCUT2D eigenvalue weighted by Gasteiger charge is 2.52. The Morgan fingerprint density at radius 3 is 0.712 bits per heavy atom. The predicted octanol–water partition coefficient (Wildman–Crippen LogP) is 13.0. The highest BCUT2D eigenvalue weighted by molar-refractivity contribution is 7.97. The Labute approximate surface area is 401 Å². The Hall–Kier alpha value is -7.43. The molecule has 8 rings (SSSR count). The number of aryl methyl sites for hydroxylation is 2. The molecule has 23 heteroatoms. The molecule has 0 aromatic heterocycles. The Morgan fingerprint density at radius 2 is 0.466 bits per heavy atom. The van der Waals surface area contributed by atoms with Gasteiger partial charge in [-0.05, 0) is 74.5 Å². The Bertz CT molecular complexity index is 3000. The van der Waals surface area contributed by atoms with E-state index in [-0.39, 0.29) is 10.9 Å². The molecule has 0 unspecified atom stereocenters. The van der Waals surface area contributed by atoms with Gasteiger partial charge >= 0.3 is 0 Å². The quantitative estimate of drug-likeness (QED) is 0.0460. The summed E-state index contributed by atoms with van der Waals surface area (Å²) >= 11 is 0. The summed E-state index contributed by atoms with van der Waals surface area (Å²) in [6, 6.07) is 36.1. The molecule has 8 aromatic carbocycles. The van der Waals surface area contributed by atoms with Crippen LogP contribution in [0, 0.1) is 130 Å². The highest BCUT2D eigenvalue weighted by Crippen LogP contribution is 2.35. The molecule has 0 spiro atoms. The van der Waals surface area contributed by atoms with Crippen molar-refractivity contribution < 1.29 is 92.5 Å². The maximum absolute atomic E-state index is 15.4. The minimum Gasteiger partial charge on any atom is -0.457 e. The van der Waals surface area contributed by atoms with Gasteiger partial charge in [0.05, 0.1) is 10.9 Å². The molecule has 0 heterocycles. The number of hydrogen-bond donors (Lipinski definition) is 0. The topological polar surface area (TPSA) is 9.23 Å². The van der Waals surface area contributed by atoms with Crippen molar-refractivity contribution in [3.05, 3.63) is 231 Å². The normalized spacial score (nSPS) is 11.5. The van der Waals surface area contributed by atoms with E-state index < -0.39 is 144 Å². The minimum atomic E-state index is -7.22. The van der Waals surface area contributed by atoms with Crippen molar-refractivity contribution in [3.8, 4) is 11.5 Å². The lowest BCUT2D eigenvalue weighted by atomic mass is 9.12. The van der Waals surface area contributed by atoms with E-state index in [9.17, 15) is 52.7 Å². The van der Waals surface area contributed by atoms with Gasteiger partial charge in [0, 0.05) is 0 Å². The third kappa shape index (κ3) is 9.11. The largest absolute Gasteiger partial charge is 0.457 e. The van der Waals surface area contributed by atoms with Gasteiger partial charge in [-0.1, -0.05) is 53.6 Å². The Morgan fingerprint density at radius 1 is 0.260 bits per heavy atom. The van der Waals surface area contributed by atoms with Gasteiger partial charge in [-0.2, -0.15) is 0 Å². The van der Waals surface area contributed by atoms with Crippen LogP contribution in [0.25, 0.3) is 0 Å². The second kappa shape index (κ2) is 20.6. The summed E-state index contributed by atoms with van der Waals surface area (Å²) in [6.45, 7) is 4.26. The predicted molar refractivity (Wildman–Crippen MR) is 227 cm³/mol. The summed E-state index contributed by atoms with van der Waals surface area (Å²) in [7, 11) is -0.141. The third-order valence-corrected chi connectivity index (χ3v) is 13.5. The summed E-state index contributed by atoms with van der Waals surface area (Å²) in [6.07, 6.45) is -7.22. The van der Waals surface area contributed by atoms with Crippen LogP contribution in [0.3, 0.4) is 0 Å². The molecule has 0 bridgehead atoms. The molecular formula is C50H23BF20OS. The fraction of sp³-hybridized carbons (Fsp3) is 0.0400. The first kappa shape index (κ1) is 53.4. The molecule has 8 aromatic rings. The fourth-order valence-corrected chi connectivity index (χ4v) is 9.94. The van der Waals surface area contributed by atoms with Gasteiger partial charge in [-0.25, -0.2) is 87.8 Å². The van der Waals surface area contributed by atoms with E-state index in [1.165, 1.54) is 25.8 Å². The summed E-state index contributed by atoms with van der Waals surface area (Å²) < 4.78 is 300. The molecular weight excluding hydrogens is 1040 g/mol. The van der Waals surface area contributed by atoms with E-state index in [4.69, 9.17) is 4.74 Å². The van der Waals surface area contributed by atoms with E-state index in [1.807, 2.05) is 30.3 Å². The lowest BCUT2D eigenvalue weighted by molar-refractivity contribution is 0.378. The number of rotatable bonds is 9. The molecule has 0 amide bonds. The van der Waals surface area contributed by atoms with Gasteiger partial charge in [0.2, 0.25) is 0 Å². The minimum absolute atomic E-state index is 0.141. The summed E-state index contributed by atoms with van der Waals surface area (Å²) in [4.78, 5) is 3.94. The standard InChI is InChI=1S/C26H23OS.C24BF20/c1-20-8-14-24(15-9-20)28(25-16-10-21(2)11-17-25)26-18-12-23(13-19-26)27-22-6-4-3-5-7-22;26-5-1(6(27)14(35)21(42)13(5)34)25(2-7(28)15(36)22(43)16(37)8(2)29,3-9(30)17(38)23(44)18(39)10(3)31)4-11(32)19(40)24(45)20(41)12(4)33/h3-19H,1-2H3;/q+1;-1. The van der Waals surface area contributed by atoms with Crippen LogP contribution >= 0.6 is 0 Å². The van der Waals surface area contributed by atoms with Gasteiger partial charge in [-0.15, -0.1) is 21.9 Å². The fourth-order valence-electron chi connectivity index (χ4n) is 7.90. The molecule has 0 atom stereocenters. The molecule has 0 radical (unpaired) electrons. The van der Waals surface area contributed by atoms with Crippen LogP contribution in [0.5, 0.6) is 11.5 Å². The molecule has 378 valence electrons. The lowest BCUT2D eigenvalue weighted by Gasteiger charge is -2.44. The molecule has 0 aliphatic carbocycles. The summed E-state index contributed by atoms with van der Waals surface area (Å²) in [5.74, 6) is -69.7. The number of para-hydroxylation sites is 1. The van der Waals surface area contributed by atoms with Gasteiger partial charge < -0.3 is 4.74 Å². The first-order valence-corrected chi connectivity index (χ1v) is 21.6. The smallest absolute Gasteiger partial charge is 0.200 e. The SMILES string of the molecule is Cc1ccc([S+](c2ccc(C)cc2)c2ccc(Oc3ccccc3)cc2)cc1.Fc1c(F)c(F)c([B-](c2c(F)c(F)c(F)c(F)c2F)(c2c(F)c(F)c(F)c(F)c2F)c2c(F)c(F)c(F)c(F)c2F)c(F)c1F. The van der Waals surface area contributed by atoms with Crippen molar-refractivity contribution in [2.75, 3.05) is 0 Å². The van der Waals surface area contributed by atoms with Crippen molar-refractivity contribution in [1.82, 2.24) is 0 Å². The van der Waals surface area contributed by atoms with Gasteiger partial charge in [0.15, 0.2) is 84.5 Å². The van der Waals surface area contributed by atoms with Crippen LogP contribution in [-0.4, -0.2) is 6.15 Å². The maximum Gasteiger partial charge on any atom is 0.200 e. The number of benzene rings is 8. The molecule has 0 aliphatic heterocycles. The van der Waals surface area contributed by atoms with Crippen molar-refractivity contribution >= 4 is 38.9 Å². The zero-order valence-electron chi connectivity index (χ0n) is 36.3. The van der Waals surface area contributed by atoms with Crippen LogP contribution in [0.15, 0.2) is 118 Å². The van der Waals surface area contributed by atoms with Gasteiger partial charge in [0.1, 0.15) is 64.2 Å². The molecule has 1 nitrogen and oxygen atoms in total. The summed E-state index contributed by atoms with van der Waals surface area (Å²) in [5, 5.41) is 0. The molecule has 0 saturated heterocycles. The molecule has 0 saturated carbocycles. The van der Waals surface area contributed by atoms with Crippen molar-refractivity contribution in [2.45, 2.75) is 28.5 Å². The van der Waals surface area contributed by atoms with Crippen LogP contribution in [0.4, 0.5) is 87.8 Å². The average molecular weight is 1060 g/mol. The second-order valence-corrected chi connectivity index (χ2v) is 17.6. The van der Waals surface area contributed by atoms with Crippen LogP contribution < -0.4 is 26.6 Å². The third-order valence-electron chi connectivity index (χ3n) is 11.3. The van der Waals surface area contributed by atoms with Crippen molar-refractivity contribution in [2.24, 2.45) is 0 Å². The lowest BCUT2D eigenvalue weighted by Crippen LogP contribution is -2.81. The number of hydrogen-bond acceptors (Lipinski definition) is 1. The highest BCUT2D eigenvalue weighted by atomic mass is 32.2. The molecule has 0 N–H and O–H groups in total. The van der Waals surface area contributed by atoms with E-state index in [1.54, 1.807) is 0 Å². The zero-order chi connectivity index (χ0) is 53.7. The van der Waals surface area contributed by atoms with E-state index >= 15 is 35.1 Å². The van der Waals surface area contributed by atoms with Gasteiger partial charge in [0.25, 0.3) is 0 Å². The number of ether oxygens (including phenoxy) is 1. The van der Waals surface area contributed by atoms with Gasteiger partial charge in [-0.3, -0.25) is 0 Å². The van der Waals surface area contributed by atoms with Crippen LogP contribution in [0.2, 0.25) is 0 Å².